The van der Waals surface area contributed by atoms with E-state index in [4.69, 9.17) is 9.47 Å². The van der Waals surface area contributed by atoms with Crippen LogP contribution in [0.1, 0.15) is 28.4 Å². The topological polar surface area (TPSA) is 54.6 Å². The molecule has 1 saturated heterocycles. The first-order valence-electron chi connectivity index (χ1n) is 8.46. The summed E-state index contributed by atoms with van der Waals surface area (Å²) in [6.45, 7) is 4.91. The Morgan fingerprint density at radius 2 is 2.17 bits per heavy atom. The normalized spacial score (nSPS) is 17.9. The summed E-state index contributed by atoms with van der Waals surface area (Å²) in [5, 5.41) is 0. The van der Waals surface area contributed by atoms with Crippen molar-refractivity contribution < 1.29 is 14.3 Å². The summed E-state index contributed by atoms with van der Waals surface area (Å²) in [5.74, 6) is 0.0620. The van der Waals surface area contributed by atoms with Gasteiger partial charge in [-0.3, -0.25) is 4.79 Å². The second kappa shape index (κ2) is 8.13. The number of H-pyrrole nitrogens is 1. The third-order valence-electron chi connectivity index (χ3n) is 4.23. The molecule has 5 nitrogen and oxygen atoms in total. The molecular weight excluding hydrogens is 304 g/mol. The van der Waals surface area contributed by atoms with Gasteiger partial charge in [0.1, 0.15) is 0 Å². The number of benzene rings is 1. The Morgan fingerprint density at radius 3 is 2.96 bits per heavy atom. The van der Waals surface area contributed by atoms with Crippen LogP contribution in [0.25, 0.3) is 0 Å². The monoisotopic (exact) mass is 328 g/mol. The Morgan fingerprint density at radius 1 is 1.33 bits per heavy atom. The molecule has 0 aliphatic carbocycles. The van der Waals surface area contributed by atoms with E-state index < -0.39 is 0 Å². The molecule has 0 saturated carbocycles. The Labute approximate surface area is 142 Å². The van der Waals surface area contributed by atoms with E-state index in [0.717, 1.165) is 17.5 Å². The first kappa shape index (κ1) is 16.7. The van der Waals surface area contributed by atoms with Crippen LogP contribution in [0, 0.1) is 0 Å². The molecular formula is C19H24N2O3. The van der Waals surface area contributed by atoms with Crippen molar-refractivity contribution >= 4 is 5.91 Å². The number of hydrogen-bond donors (Lipinski definition) is 1. The second-order valence-electron chi connectivity index (χ2n) is 5.96. The lowest BCUT2D eigenvalue weighted by atomic mass is 10.0. The van der Waals surface area contributed by atoms with E-state index in [1.165, 1.54) is 5.56 Å². The third-order valence-corrected chi connectivity index (χ3v) is 4.23. The predicted molar refractivity (Wildman–Crippen MR) is 92.2 cm³/mol. The fraction of sp³-hybridized carbons (Fsp3) is 0.421. The number of nitrogens with one attached hydrogen (secondary N) is 1. The van der Waals surface area contributed by atoms with Crippen LogP contribution in [0.15, 0.2) is 42.7 Å². The summed E-state index contributed by atoms with van der Waals surface area (Å²) >= 11 is 0. The Kier molecular flexibility index (Phi) is 5.67. The minimum Gasteiger partial charge on any atom is -0.379 e. The van der Waals surface area contributed by atoms with Gasteiger partial charge in [-0.25, -0.2) is 0 Å². The molecule has 1 aliphatic heterocycles. The van der Waals surface area contributed by atoms with Gasteiger partial charge < -0.3 is 19.4 Å². The maximum absolute atomic E-state index is 12.9. The van der Waals surface area contributed by atoms with Crippen molar-refractivity contribution in [1.29, 1.82) is 0 Å². The molecule has 1 aliphatic rings. The van der Waals surface area contributed by atoms with Crippen LogP contribution in [0.3, 0.4) is 0 Å². The van der Waals surface area contributed by atoms with Gasteiger partial charge >= 0.3 is 0 Å². The number of morpholine rings is 1. The molecule has 128 valence electrons. The molecule has 1 atom stereocenters. The van der Waals surface area contributed by atoms with E-state index in [0.29, 0.717) is 32.9 Å². The number of aromatic nitrogens is 1. The smallest absolute Gasteiger partial charge is 0.255 e. The maximum Gasteiger partial charge on any atom is 0.255 e. The Balaban J connectivity index is 1.68. The molecule has 1 aromatic carbocycles. The zero-order valence-electron chi connectivity index (χ0n) is 14.0. The van der Waals surface area contributed by atoms with Crippen molar-refractivity contribution in [1.82, 2.24) is 9.88 Å². The molecule has 5 heteroatoms. The summed E-state index contributed by atoms with van der Waals surface area (Å²) in [4.78, 5) is 17.8. The molecule has 1 fully saturated rings. The number of ether oxygens (including phenoxy) is 2. The highest BCUT2D eigenvalue weighted by molar-refractivity contribution is 5.95. The summed E-state index contributed by atoms with van der Waals surface area (Å²) < 4.78 is 11.1. The van der Waals surface area contributed by atoms with Crippen molar-refractivity contribution in [2.75, 3.05) is 32.9 Å². The minimum atomic E-state index is -0.0424. The SMILES string of the molecule is CCOCC1CN(C(=O)c2c[nH]cc2Cc2ccccc2)CCO1. The highest BCUT2D eigenvalue weighted by Gasteiger charge is 2.26. The van der Waals surface area contributed by atoms with E-state index in [1.807, 2.05) is 36.2 Å². The van der Waals surface area contributed by atoms with E-state index in [1.54, 1.807) is 6.20 Å². The van der Waals surface area contributed by atoms with Crippen molar-refractivity contribution in [3.63, 3.8) is 0 Å². The molecule has 2 aromatic rings. The molecule has 1 amide bonds. The number of carbonyl (C=O) groups excluding carboxylic acids is 1. The molecule has 1 aromatic heterocycles. The highest BCUT2D eigenvalue weighted by Crippen LogP contribution is 2.18. The van der Waals surface area contributed by atoms with Crippen molar-refractivity contribution in [2.45, 2.75) is 19.4 Å². The first-order valence-corrected chi connectivity index (χ1v) is 8.46. The van der Waals surface area contributed by atoms with E-state index >= 15 is 0 Å². The lowest BCUT2D eigenvalue weighted by Crippen LogP contribution is -2.47. The van der Waals surface area contributed by atoms with E-state index in [9.17, 15) is 4.79 Å². The van der Waals surface area contributed by atoms with Crippen LogP contribution >= 0.6 is 0 Å². The number of amides is 1. The average molecular weight is 328 g/mol. The van der Waals surface area contributed by atoms with Gasteiger partial charge in [-0.05, 0) is 24.5 Å². The quantitative estimate of drug-likeness (QED) is 0.886. The van der Waals surface area contributed by atoms with Crippen LogP contribution in [0.4, 0.5) is 0 Å². The zero-order valence-corrected chi connectivity index (χ0v) is 14.0. The molecule has 0 bridgehead atoms. The first-order chi connectivity index (χ1) is 11.8. The number of aromatic amines is 1. The average Bonchev–Trinajstić information content (AvgIpc) is 3.08. The predicted octanol–water partition coefficient (Wildman–Crippen LogP) is 2.48. The fourth-order valence-corrected chi connectivity index (χ4v) is 2.98. The van der Waals surface area contributed by atoms with Gasteiger partial charge in [-0.1, -0.05) is 30.3 Å². The van der Waals surface area contributed by atoms with Crippen molar-refractivity contribution in [3.8, 4) is 0 Å². The number of hydrogen-bond acceptors (Lipinski definition) is 3. The lowest BCUT2D eigenvalue weighted by molar-refractivity contribution is -0.0597. The van der Waals surface area contributed by atoms with Gasteiger partial charge in [0, 0.05) is 32.1 Å². The van der Waals surface area contributed by atoms with Gasteiger partial charge in [-0.2, -0.15) is 0 Å². The standard InChI is InChI=1S/C19H24N2O3/c1-2-23-14-17-13-21(8-9-24-17)19(22)18-12-20-11-16(18)10-15-6-4-3-5-7-15/h3-7,11-12,17,20H,2,8-10,13-14H2,1H3. The number of nitrogens with zero attached hydrogens (tertiary/aromatic N) is 1. The minimum absolute atomic E-state index is 0.0424. The van der Waals surface area contributed by atoms with Crippen molar-refractivity contribution in [2.24, 2.45) is 0 Å². The van der Waals surface area contributed by atoms with Crippen LogP contribution in [-0.2, 0) is 15.9 Å². The van der Waals surface area contributed by atoms with Crippen LogP contribution in [0.5, 0.6) is 0 Å². The Bertz CT molecular complexity index is 654. The van der Waals surface area contributed by atoms with E-state index in [-0.39, 0.29) is 12.0 Å². The van der Waals surface area contributed by atoms with Gasteiger partial charge in [0.2, 0.25) is 0 Å². The number of carbonyl (C=O) groups is 1. The lowest BCUT2D eigenvalue weighted by Gasteiger charge is -2.32. The molecule has 2 heterocycles. The Hall–Kier alpha value is -2.11. The molecule has 24 heavy (non-hydrogen) atoms. The fourth-order valence-electron chi connectivity index (χ4n) is 2.98. The van der Waals surface area contributed by atoms with Crippen molar-refractivity contribution in [3.05, 3.63) is 59.4 Å². The summed E-state index contributed by atoms with van der Waals surface area (Å²) in [5.41, 5.74) is 2.97. The van der Waals surface area contributed by atoms with Crippen LogP contribution < -0.4 is 0 Å². The molecule has 0 radical (unpaired) electrons. The highest BCUT2D eigenvalue weighted by atomic mass is 16.5. The molecule has 1 unspecified atom stereocenters. The van der Waals surface area contributed by atoms with Gasteiger partial charge in [0.05, 0.1) is 24.9 Å². The maximum atomic E-state index is 12.9. The van der Waals surface area contributed by atoms with Gasteiger partial charge in [0.15, 0.2) is 0 Å². The molecule has 1 N–H and O–H groups in total. The van der Waals surface area contributed by atoms with Gasteiger partial charge in [-0.15, -0.1) is 0 Å². The van der Waals surface area contributed by atoms with Gasteiger partial charge in [0.25, 0.3) is 5.91 Å². The molecule has 3 rings (SSSR count). The summed E-state index contributed by atoms with van der Waals surface area (Å²) in [7, 11) is 0. The zero-order chi connectivity index (χ0) is 16.8. The van der Waals surface area contributed by atoms with E-state index in [2.05, 4.69) is 17.1 Å². The summed E-state index contributed by atoms with van der Waals surface area (Å²) in [6.07, 6.45) is 4.42. The largest absolute Gasteiger partial charge is 0.379 e. The summed E-state index contributed by atoms with van der Waals surface area (Å²) in [6, 6.07) is 10.2. The molecule has 0 spiro atoms. The van der Waals surface area contributed by atoms with Crippen LogP contribution in [0.2, 0.25) is 0 Å². The third kappa shape index (κ3) is 4.04. The van der Waals surface area contributed by atoms with Crippen LogP contribution in [-0.4, -0.2) is 54.8 Å². The number of rotatable bonds is 6. The second-order valence-corrected chi connectivity index (χ2v) is 5.96.